The van der Waals surface area contributed by atoms with Gasteiger partial charge in [-0.05, 0) is 80.1 Å². The first-order valence-corrected chi connectivity index (χ1v) is 18.7. The molecule has 0 spiro atoms. The Morgan fingerprint density at radius 1 is 1.02 bits per heavy atom. The molecule has 4 aromatic rings. The number of rotatable bonds is 9. The number of halogens is 3. The summed E-state index contributed by atoms with van der Waals surface area (Å²) in [5.74, 6) is 1.15. The molecular weight excluding hydrogens is 682 g/mol. The van der Waals surface area contributed by atoms with Gasteiger partial charge in [0.15, 0.2) is 5.82 Å². The molecule has 2 aromatic carbocycles. The number of hydrogen-bond donors (Lipinski definition) is 3. The number of alkyl halides is 3. The fraction of sp³-hybridized carbons (Fsp3) is 0.457. The maximum atomic E-state index is 13.7. The highest BCUT2D eigenvalue weighted by Gasteiger charge is 2.35. The highest BCUT2D eigenvalue weighted by atomic mass is 32.2. The van der Waals surface area contributed by atoms with Gasteiger partial charge < -0.3 is 15.5 Å². The summed E-state index contributed by atoms with van der Waals surface area (Å²) in [5.41, 5.74) is 2.46. The van der Waals surface area contributed by atoms with Gasteiger partial charge in [-0.15, -0.1) is 0 Å². The molecule has 3 aliphatic rings. The Labute approximate surface area is 295 Å². The molecule has 0 radical (unpaired) electrons. The van der Waals surface area contributed by atoms with E-state index in [4.69, 9.17) is 5.10 Å². The molecule has 2 saturated heterocycles. The van der Waals surface area contributed by atoms with E-state index in [0.717, 1.165) is 67.6 Å². The fourth-order valence-electron chi connectivity index (χ4n) is 7.28. The van der Waals surface area contributed by atoms with Crippen molar-refractivity contribution in [1.29, 1.82) is 0 Å². The number of benzene rings is 2. The van der Waals surface area contributed by atoms with Gasteiger partial charge in [-0.25, -0.2) is 13.4 Å². The molecule has 5 heterocycles. The largest absolute Gasteiger partial charge is 0.421 e. The summed E-state index contributed by atoms with van der Waals surface area (Å²) in [7, 11) is -0.358. The topological polar surface area (TPSA) is 124 Å². The Balaban J connectivity index is 0.932. The number of anilines is 3. The van der Waals surface area contributed by atoms with Crippen LogP contribution in [0.5, 0.6) is 0 Å². The van der Waals surface area contributed by atoms with Gasteiger partial charge >= 0.3 is 6.18 Å². The number of sulfonamides is 1. The molecule has 3 aliphatic heterocycles. The van der Waals surface area contributed by atoms with Gasteiger partial charge in [0, 0.05) is 64.1 Å². The Bertz CT molecular complexity index is 2000. The summed E-state index contributed by atoms with van der Waals surface area (Å²) in [6, 6.07) is 13.7. The maximum absolute atomic E-state index is 13.7. The zero-order valence-corrected chi connectivity index (χ0v) is 29.5. The van der Waals surface area contributed by atoms with Gasteiger partial charge in [0.1, 0.15) is 11.4 Å². The van der Waals surface area contributed by atoms with Crippen molar-refractivity contribution < 1.29 is 21.6 Å². The lowest BCUT2D eigenvalue weighted by Gasteiger charge is -2.33. The summed E-state index contributed by atoms with van der Waals surface area (Å²) in [5, 5.41) is 14.8. The van der Waals surface area contributed by atoms with Crippen molar-refractivity contribution in [2.24, 2.45) is 7.05 Å². The van der Waals surface area contributed by atoms with Crippen LogP contribution in [-0.4, -0.2) is 89.9 Å². The van der Waals surface area contributed by atoms with E-state index in [1.807, 2.05) is 17.8 Å². The van der Waals surface area contributed by atoms with Crippen molar-refractivity contribution in [2.75, 3.05) is 62.0 Å². The molecule has 12 nitrogen and oxygen atoms in total. The number of hydrogen-bond acceptors (Lipinski definition) is 10. The van der Waals surface area contributed by atoms with Crippen molar-refractivity contribution in [3.63, 3.8) is 0 Å². The van der Waals surface area contributed by atoms with Crippen LogP contribution in [0.2, 0.25) is 0 Å². The van der Waals surface area contributed by atoms with Gasteiger partial charge in [0.2, 0.25) is 16.0 Å². The molecule has 0 atom stereocenters. The number of fused-ring (bicyclic) bond motifs is 1. The summed E-state index contributed by atoms with van der Waals surface area (Å²) in [4.78, 5) is 12.6. The standard InChI is InChI=1S/C35H43F3N10O2S/c1-39-32-30(35(36,37)38)21-41-34(43-32)42-27-11-17-48(18-12-27)51(49,50)28-6-3-5-24(19-28)22-46-15-9-25(10-16-46)26-7-8-29-31(20-26)45(2)44-33(29)47-14-4-13-40-23-47/h3-8,14,19-21,25,27,40H,9-13,15-18,22-23H2,1-2H3,(H2,39,41,42,43). The molecule has 272 valence electrons. The molecule has 0 aliphatic carbocycles. The predicted octanol–water partition coefficient (Wildman–Crippen LogP) is 4.95. The molecule has 0 saturated carbocycles. The van der Waals surface area contributed by atoms with Crippen LogP contribution in [0.4, 0.5) is 30.8 Å². The normalized spacial score (nSPS) is 18.8. The Hall–Kier alpha value is -4.25. The second kappa shape index (κ2) is 14.4. The number of aromatic nitrogens is 4. The van der Waals surface area contributed by atoms with E-state index < -0.39 is 21.8 Å². The van der Waals surface area contributed by atoms with E-state index >= 15 is 0 Å². The molecule has 16 heteroatoms. The van der Waals surface area contributed by atoms with Crippen molar-refractivity contribution in [2.45, 2.75) is 55.3 Å². The second-order valence-electron chi connectivity index (χ2n) is 13.4. The minimum absolute atomic E-state index is 0.0671. The van der Waals surface area contributed by atoms with E-state index in [1.54, 1.807) is 18.2 Å². The number of nitrogens with one attached hydrogen (secondary N) is 3. The van der Waals surface area contributed by atoms with Crippen LogP contribution in [0.15, 0.2) is 65.8 Å². The summed E-state index contributed by atoms with van der Waals surface area (Å²) >= 11 is 0. The maximum Gasteiger partial charge on any atom is 0.421 e. The highest BCUT2D eigenvalue weighted by molar-refractivity contribution is 7.89. The quantitative estimate of drug-likeness (QED) is 0.219. The third-order valence-corrected chi connectivity index (χ3v) is 12.0. The fourth-order valence-corrected chi connectivity index (χ4v) is 8.82. The van der Waals surface area contributed by atoms with Gasteiger partial charge in [0.25, 0.3) is 0 Å². The van der Waals surface area contributed by atoms with Gasteiger partial charge in [0.05, 0.1) is 17.1 Å². The smallest absolute Gasteiger partial charge is 0.372 e. The van der Waals surface area contributed by atoms with Crippen LogP contribution in [0.3, 0.4) is 0 Å². The van der Waals surface area contributed by atoms with Crippen LogP contribution in [-0.2, 0) is 29.8 Å². The zero-order valence-electron chi connectivity index (χ0n) is 28.7. The van der Waals surface area contributed by atoms with Crippen molar-refractivity contribution in [3.8, 4) is 0 Å². The number of piperidine rings is 2. The van der Waals surface area contributed by atoms with Crippen LogP contribution >= 0.6 is 0 Å². The van der Waals surface area contributed by atoms with Crippen molar-refractivity contribution in [1.82, 2.24) is 34.3 Å². The average Bonchev–Trinajstić information content (AvgIpc) is 3.47. The molecular formula is C35H43F3N10O2S. The van der Waals surface area contributed by atoms with E-state index in [1.165, 1.54) is 16.9 Å². The number of likely N-dealkylation sites (tertiary alicyclic amines) is 1. The molecule has 0 unspecified atom stereocenters. The predicted molar refractivity (Wildman–Crippen MR) is 191 cm³/mol. The molecule has 2 aromatic heterocycles. The Morgan fingerprint density at radius 2 is 1.80 bits per heavy atom. The number of aryl methyl sites for hydroxylation is 1. The van der Waals surface area contributed by atoms with Gasteiger partial charge in [-0.1, -0.05) is 24.3 Å². The first-order chi connectivity index (χ1) is 24.5. The molecule has 7 rings (SSSR count). The SMILES string of the molecule is CNc1nc(NC2CCN(S(=O)(=O)c3cccc(CN4CCC(c5ccc6c(N7C=CCNC7)nn(C)c6c5)CC4)c3)CC2)ncc1C(F)(F)F. The molecule has 3 N–H and O–H groups in total. The third-order valence-electron chi connectivity index (χ3n) is 10.1. The first-order valence-electron chi connectivity index (χ1n) is 17.3. The third kappa shape index (κ3) is 7.54. The monoisotopic (exact) mass is 724 g/mol. The minimum Gasteiger partial charge on any atom is -0.372 e. The molecule has 2 fully saturated rings. The van der Waals surface area contributed by atoms with E-state index in [0.29, 0.717) is 25.3 Å². The first kappa shape index (κ1) is 35.2. The van der Waals surface area contributed by atoms with Crippen LogP contribution in [0, 0.1) is 0 Å². The van der Waals surface area contributed by atoms with Crippen molar-refractivity contribution in [3.05, 3.63) is 77.6 Å². The second-order valence-corrected chi connectivity index (χ2v) is 15.4. The number of nitrogens with zero attached hydrogens (tertiary/aromatic N) is 7. The minimum atomic E-state index is -4.57. The summed E-state index contributed by atoms with van der Waals surface area (Å²) < 4.78 is 70.4. The van der Waals surface area contributed by atoms with Crippen LogP contribution in [0.25, 0.3) is 10.9 Å². The van der Waals surface area contributed by atoms with E-state index in [-0.39, 0.29) is 35.8 Å². The lowest BCUT2D eigenvalue weighted by molar-refractivity contribution is -0.137. The van der Waals surface area contributed by atoms with E-state index in [2.05, 4.69) is 66.2 Å². The molecule has 0 amide bonds. The lowest BCUT2D eigenvalue weighted by Crippen LogP contribution is -2.42. The van der Waals surface area contributed by atoms with Crippen molar-refractivity contribution >= 4 is 38.5 Å². The summed E-state index contributed by atoms with van der Waals surface area (Å²) in [6.07, 6.45) is 3.33. The Kier molecular flexibility index (Phi) is 9.93. The van der Waals surface area contributed by atoms with Crippen LogP contribution < -0.4 is 20.9 Å². The Morgan fingerprint density at radius 3 is 2.51 bits per heavy atom. The highest BCUT2D eigenvalue weighted by Crippen LogP contribution is 2.35. The average molecular weight is 725 g/mol. The van der Waals surface area contributed by atoms with Crippen LogP contribution in [0.1, 0.15) is 48.3 Å². The summed E-state index contributed by atoms with van der Waals surface area (Å²) in [6.45, 7) is 4.65. The van der Waals surface area contributed by atoms with Gasteiger partial charge in [-0.2, -0.15) is 27.6 Å². The molecule has 0 bridgehead atoms. The zero-order chi connectivity index (χ0) is 35.8. The van der Waals surface area contributed by atoms with Gasteiger partial charge in [-0.3, -0.25) is 14.9 Å². The van der Waals surface area contributed by atoms with E-state index in [9.17, 15) is 21.6 Å². The molecule has 51 heavy (non-hydrogen) atoms. The lowest BCUT2D eigenvalue weighted by atomic mass is 9.89.